The topological polar surface area (TPSA) is 6.25 Å². The minimum absolute atomic E-state index is 0. The number of benzene rings is 2. The van der Waals surface area contributed by atoms with E-state index in [0.29, 0.717) is 0 Å². The van der Waals surface area contributed by atoms with Crippen LogP contribution in [-0.4, -0.2) is 25.2 Å². The van der Waals surface area contributed by atoms with E-state index in [-0.39, 0.29) is 18.4 Å². The van der Waals surface area contributed by atoms with E-state index in [0.717, 1.165) is 19.6 Å². The molecule has 0 saturated carbocycles. The van der Waals surface area contributed by atoms with Crippen molar-refractivity contribution in [1.82, 2.24) is 4.58 Å². The van der Waals surface area contributed by atoms with Crippen LogP contribution in [0.4, 0.5) is 5.69 Å². The average Bonchev–Trinajstić information content (AvgIpc) is 2.68. The highest BCUT2D eigenvalue weighted by Crippen LogP contribution is 2.37. The maximum absolute atomic E-state index is 2.55. The molecule has 1 aliphatic carbocycles. The molecule has 4 rings (SSSR count). The van der Waals surface area contributed by atoms with Crippen LogP contribution in [0.2, 0.25) is 0 Å². The summed E-state index contributed by atoms with van der Waals surface area (Å²) >= 11 is 0. The lowest BCUT2D eigenvalue weighted by Gasteiger charge is -2.34. The normalized spacial score (nSPS) is 17.4. The van der Waals surface area contributed by atoms with Gasteiger partial charge >= 0.3 is 0 Å². The van der Waals surface area contributed by atoms with Gasteiger partial charge in [0.05, 0.1) is 0 Å². The zero-order valence-corrected chi connectivity index (χ0v) is 20.1. The molecule has 1 aliphatic heterocycles. The first kappa shape index (κ1) is 23.3. The van der Waals surface area contributed by atoms with Gasteiger partial charge in [-0.25, -0.2) is 4.58 Å². The molecule has 2 nitrogen and oxygen atoms in total. The summed E-state index contributed by atoms with van der Waals surface area (Å²) in [6.45, 7) is 21.5. The zero-order chi connectivity index (χ0) is 21.8. The van der Waals surface area contributed by atoms with Crippen molar-refractivity contribution in [2.75, 3.05) is 24.5 Å². The van der Waals surface area contributed by atoms with Gasteiger partial charge in [-0.05, 0) is 85.5 Å². The predicted octanol–water partition coefficient (Wildman–Crippen LogP) is 5.34. The van der Waals surface area contributed by atoms with E-state index in [1.54, 1.807) is 0 Å². The Hall–Kier alpha value is -2.35. The molecule has 31 heavy (non-hydrogen) atoms. The first-order valence-electron chi connectivity index (χ1n) is 11.5. The molecular weight excluding hydrogens is 376 g/mol. The predicted molar refractivity (Wildman–Crippen MR) is 138 cm³/mol. The molecule has 0 atom stereocenters. The van der Waals surface area contributed by atoms with Gasteiger partial charge in [0.15, 0.2) is 5.54 Å². The van der Waals surface area contributed by atoms with E-state index in [4.69, 9.17) is 0 Å². The Morgan fingerprint density at radius 3 is 2.19 bits per heavy atom. The summed E-state index contributed by atoms with van der Waals surface area (Å²) in [5, 5.41) is 2.75. The molecule has 0 N–H and O–H groups in total. The van der Waals surface area contributed by atoms with Crippen LogP contribution in [0.1, 0.15) is 85.1 Å². The first-order valence-corrected chi connectivity index (χ1v) is 11.5. The van der Waals surface area contributed by atoms with Crippen LogP contribution >= 0.6 is 0 Å². The molecule has 2 heteroatoms. The van der Waals surface area contributed by atoms with E-state index in [9.17, 15) is 0 Å². The minimum Gasteiger partial charge on any atom is -0.372 e. The quantitative estimate of drug-likeness (QED) is 0.608. The van der Waals surface area contributed by atoms with Crippen LogP contribution in [0, 0.1) is 0 Å². The SMILES string of the molecule is C.CCN(CC)c1ccc2c(c1)C(C)(C)c1cc3c(cc1=C2)C(C)=CC(C)(C)[N+]=3CC. The van der Waals surface area contributed by atoms with E-state index in [1.165, 1.54) is 44.1 Å². The Morgan fingerprint density at radius 2 is 1.58 bits per heavy atom. The third-order valence-corrected chi connectivity index (χ3v) is 7.29. The summed E-state index contributed by atoms with van der Waals surface area (Å²) in [5.41, 5.74) is 8.33. The molecule has 2 aromatic carbocycles. The maximum Gasteiger partial charge on any atom is 0.208 e. The van der Waals surface area contributed by atoms with E-state index in [1.807, 2.05) is 0 Å². The van der Waals surface area contributed by atoms with Crippen molar-refractivity contribution in [3.05, 3.63) is 69.2 Å². The van der Waals surface area contributed by atoms with Gasteiger partial charge in [0.2, 0.25) is 5.36 Å². The van der Waals surface area contributed by atoms with Crippen molar-refractivity contribution in [2.45, 2.75) is 73.8 Å². The second kappa shape index (κ2) is 7.97. The van der Waals surface area contributed by atoms with E-state index >= 15 is 0 Å². The standard InChI is InChI=1S/C28H37N2.CH4/c1-9-29(10-2)22-13-12-20-14-21-15-23-19(4)18-27(5,6)30(11-3)26(23)17-25(21)28(7,8)24(20)16-22;/h12-18H,9-11H2,1-8H3;1H4/q+1;. The minimum atomic E-state index is -0.0315. The molecule has 2 aliphatic rings. The average molecular weight is 418 g/mol. The number of rotatable bonds is 4. The molecule has 1 heterocycles. The molecule has 0 aromatic heterocycles. The molecule has 0 radical (unpaired) electrons. The van der Waals surface area contributed by atoms with Crippen molar-refractivity contribution in [1.29, 1.82) is 0 Å². The number of fused-ring (bicyclic) bond motifs is 3. The molecule has 0 amide bonds. The van der Waals surface area contributed by atoms with Gasteiger partial charge in [0.1, 0.15) is 6.54 Å². The Balaban J connectivity index is 0.00000272. The highest BCUT2D eigenvalue weighted by molar-refractivity contribution is 5.72. The van der Waals surface area contributed by atoms with Crippen LogP contribution in [-0.2, 0) is 5.41 Å². The Morgan fingerprint density at radius 1 is 0.903 bits per heavy atom. The summed E-state index contributed by atoms with van der Waals surface area (Å²) < 4.78 is 2.55. The number of allylic oxidation sites excluding steroid dienone is 1. The fourth-order valence-electron chi connectivity index (χ4n) is 5.69. The number of likely N-dealkylation sites (N-methyl/N-ethyl adjacent to an activating group) is 1. The lowest BCUT2D eigenvalue weighted by atomic mass is 9.71. The number of hydrogen-bond acceptors (Lipinski definition) is 1. The van der Waals surface area contributed by atoms with E-state index in [2.05, 4.69) is 107 Å². The number of nitrogens with zero attached hydrogens (tertiary/aromatic N) is 2. The molecule has 0 spiro atoms. The van der Waals surface area contributed by atoms with Gasteiger partial charge in [0, 0.05) is 49.7 Å². The van der Waals surface area contributed by atoms with Gasteiger partial charge in [-0.1, -0.05) is 27.3 Å². The van der Waals surface area contributed by atoms with Crippen molar-refractivity contribution < 1.29 is 0 Å². The summed E-state index contributed by atoms with van der Waals surface area (Å²) in [6.07, 6.45) is 4.81. The molecule has 0 fully saturated rings. The lowest BCUT2D eigenvalue weighted by molar-refractivity contribution is 0.401. The molecule has 0 saturated heterocycles. The smallest absolute Gasteiger partial charge is 0.208 e. The summed E-state index contributed by atoms with van der Waals surface area (Å²) in [6, 6.07) is 11.9. The Bertz CT molecular complexity index is 1160. The molecule has 0 unspecified atom stereocenters. The molecular formula is C29H41N2+. The zero-order valence-electron chi connectivity index (χ0n) is 20.1. The van der Waals surface area contributed by atoms with Gasteiger partial charge in [-0.15, -0.1) is 0 Å². The van der Waals surface area contributed by atoms with Crippen molar-refractivity contribution in [2.24, 2.45) is 0 Å². The highest BCUT2D eigenvalue weighted by atomic mass is 15.1. The Kier molecular flexibility index (Phi) is 5.99. The summed E-state index contributed by atoms with van der Waals surface area (Å²) in [5.74, 6) is 0. The van der Waals surface area contributed by atoms with Crippen molar-refractivity contribution in [3.63, 3.8) is 0 Å². The van der Waals surface area contributed by atoms with Crippen LogP contribution < -0.4 is 20.1 Å². The van der Waals surface area contributed by atoms with Gasteiger partial charge in [-0.3, -0.25) is 0 Å². The Labute approximate surface area is 189 Å². The van der Waals surface area contributed by atoms with Crippen LogP contribution in [0.3, 0.4) is 0 Å². The van der Waals surface area contributed by atoms with E-state index < -0.39 is 0 Å². The van der Waals surface area contributed by atoms with Crippen molar-refractivity contribution in [3.8, 4) is 0 Å². The molecule has 166 valence electrons. The third kappa shape index (κ3) is 3.54. The van der Waals surface area contributed by atoms with Crippen LogP contribution in [0.15, 0.2) is 36.4 Å². The fourth-order valence-corrected chi connectivity index (χ4v) is 5.69. The maximum atomic E-state index is 2.55. The van der Waals surface area contributed by atoms with Crippen molar-refractivity contribution >= 4 is 17.3 Å². The second-order valence-electron chi connectivity index (χ2n) is 9.90. The largest absolute Gasteiger partial charge is 0.372 e. The summed E-state index contributed by atoms with van der Waals surface area (Å²) in [7, 11) is 0. The molecule has 0 bridgehead atoms. The second-order valence-corrected chi connectivity index (χ2v) is 9.90. The third-order valence-electron chi connectivity index (χ3n) is 7.29. The summed E-state index contributed by atoms with van der Waals surface area (Å²) in [4.78, 5) is 2.44. The number of anilines is 1. The lowest BCUT2D eigenvalue weighted by Crippen LogP contribution is -2.50. The first-order chi connectivity index (χ1) is 14.1. The fraction of sp³-hybridized carbons (Fsp3) is 0.483. The number of hydrogen-bond donors (Lipinski definition) is 0. The monoisotopic (exact) mass is 417 g/mol. The van der Waals surface area contributed by atoms with Crippen LogP contribution in [0.25, 0.3) is 11.6 Å². The molecule has 2 aromatic rings. The van der Waals surface area contributed by atoms with Gasteiger partial charge < -0.3 is 4.90 Å². The van der Waals surface area contributed by atoms with Crippen LogP contribution in [0.5, 0.6) is 0 Å². The van der Waals surface area contributed by atoms with Gasteiger partial charge in [-0.2, -0.15) is 0 Å². The van der Waals surface area contributed by atoms with Gasteiger partial charge in [0.25, 0.3) is 0 Å². The highest BCUT2D eigenvalue weighted by Gasteiger charge is 2.35.